The van der Waals surface area contributed by atoms with Gasteiger partial charge in [0.15, 0.2) is 11.2 Å². The summed E-state index contributed by atoms with van der Waals surface area (Å²) in [5.41, 5.74) is 2.70. The zero-order valence-corrected chi connectivity index (χ0v) is 16.4. The van der Waals surface area contributed by atoms with Crippen LogP contribution in [0.2, 0.25) is 5.02 Å². The van der Waals surface area contributed by atoms with Crippen molar-refractivity contribution in [3.05, 3.63) is 80.7 Å². The van der Waals surface area contributed by atoms with Gasteiger partial charge in [0.25, 0.3) is 5.91 Å². The highest BCUT2D eigenvalue weighted by Crippen LogP contribution is 2.19. The van der Waals surface area contributed by atoms with E-state index in [0.717, 1.165) is 19.6 Å². The number of hydrogen-bond donors (Lipinski definition) is 0. The van der Waals surface area contributed by atoms with E-state index in [9.17, 15) is 9.59 Å². The molecule has 0 aliphatic carbocycles. The molecule has 5 nitrogen and oxygen atoms in total. The van der Waals surface area contributed by atoms with E-state index in [4.69, 9.17) is 16.0 Å². The first kappa shape index (κ1) is 18.7. The van der Waals surface area contributed by atoms with Crippen LogP contribution in [0.4, 0.5) is 0 Å². The molecule has 1 aliphatic heterocycles. The summed E-state index contributed by atoms with van der Waals surface area (Å²) in [6, 6.07) is 14.4. The summed E-state index contributed by atoms with van der Waals surface area (Å²) < 4.78 is 5.69. The van der Waals surface area contributed by atoms with Crippen molar-refractivity contribution < 1.29 is 9.21 Å². The number of carbonyl (C=O) groups excluding carboxylic acids is 1. The standard InChI is InChI=1S/C22H21ClN2O3/c1-15-4-2-3-5-16(15)14-24-8-10-25(11-9-24)22(27)21-13-19(26)18-12-17(23)6-7-20(18)28-21/h2-7,12-13H,8-11,14H2,1H3. The molecule has 0 N–H and O–H groups in total. The van der Waals surface area contributed by atoms with Crippen LogP contribution in [0.3, 0.4) is 0 Å². The Kier molecular flexibility index (Phi) is 5.20. The van der Waals surface area contributed by atoms with Crippen LogP contribution < -0.4 is 5.43 Å². The Morgan fingerprint density at radius 3 is 2.57 bits per heavy atom. The van der Waals surface area contributed by atoms with Crippen molar-refractivity contribution in [3.63, 3.8) is 0 Å². The molecule has 0 bridgehead atoms. The molecule has 1 fully saturated rings. The Labute approximate surface area is 168 Å². The zero-order valence-electron chi connectivity index (χ0n) is 15.7. The van der Waals surface area contributed by atoms with Crippen LogP contribution in [0.5, 0.6) is 0 Å². The fourth-order valence-corrected chi connectivity index (χ4v) is 3.70. The second-order valence-electron chi connectivity index (χ2n) is 7.11. The fraction of sp³-hybridized carbons (Fsp3) is 0.273. The highest BCUT2D eigenvalue weighted by Gasteiger charge is 2.24. The number of rotatable bonds is 3. The maximum atomic E-state index is 12.8. The molecule has 0 atom stereocenters. The molecule has 1 amide bonds. The summed E-state index contributed by atoms with van der Waals surface area (Å²) in [6.45, 7) is 5.77. The van der Waals surface area contributed by atoms with E-state index in [1.807, 2.05) is 6.07 Å². The van der Waals surface area contributed by atoms with Crippen molar-refractivity contribution in [3.8, 4) is 0 Å². The van der Waals surface area contributed by atoms with Crippen molar-refractivity contribution in [1.82, 2.24) is 9.80 Å². The molecule has 1 saturated heterocycles. The Morgan fingerprint density at radius 2 is 1.82 bits per heavy atom. The number of piperazine rings is 1. The molecule has 1 aromatic heterocycles. The van der Waals surface area contributed by atoms with E-state index < -0.39 is 0 Å². The average Bonchev–Trinajstić information content (AvgIpc) is 2.70. The van der Waals surface area contributed by atoms with Crippen LogP contribution in [0.1, 0.15) is 21.7 Å². The van der Waals surface area contributed by atoms with E-state index in [1.165, 1.54) is 17.2 Å². The quantitative estimate of drug-likeness (QED) is 0.677. The average molecular weight is 397 g/mol. The molecule has 1 aliphatic rings. The van der Waals surface area contributed by atoms with Crippen LogP contribution in [0, 0.1) is 6.92 Å². The van der Waals surface area contributed by atoms with E-state index in [2.05, 4.69) is 30.0 Å². The van der Waals surface area contributed by atoms with Gasteiger partial charge in [-0.2, -0.15) is 0 Å². The minimum absolute atomic E-state index is 0.0761. The molecule has 2 heterocycles. The number of carbonyl (C=O) groups is 1. The van der Waals surface area contributed by atoms with Crippen LogP contribution >= 0.6 is 11.6 Å². The maximum Gasteiger partial charge on any atom is 0.289 e. The van der Waals surface area contributed by atoms with Crippen LogP contribution in [0.15, 0.2) is 57.7 Å². The van der Waals surface area contributed by atoms with Crippen molar-refractivity contribution in [2.45, 2.75) is 13.5 Å². The predicted molar refractivity (Wildman–Crippen MR) is 110 cm³/mol. The van der Waals surface area contributed by atoms with Crippen molar-refractivity contribution in [1.29, 1.82) is 0 Å². The Morgan fingerprint density at radius 1 is 1.07 bits per heavy atom. The van der Waals surface area contributed by atoms with Crippen LogP contribution in [0.25, 0.3) is 11.0 Å². The monoisotopic (exact) mass is 396 g/mol. The molecule has 4 rings (SSSR count). The van der Waals surface area contributed by atoms with Gasteiger partial charge in [-0.3, -0.25) is 14.5 Å². The first-order chi connectivity index (χ1) is 13.5. The first-order valence-corrected chi connectivity index (χ1v) is 9.68. The summed E-state index contributed by atoms with van der Waals surface area (Å²) in [5.74, 6) is -0.170. The van der Waals surface area contributed by atoms with Crippen molar-refractivity contribution in [2.24, 2.45) is 0 Å². The summed E-state index contributed by atoms with van der Waals surface area (Å²) in [5, 5.41) is 0.843. The van der Waals surface area contributed by atoms with Gasteiger partial charge in [-0.1, -0.05) is 35.9 Å². The number of aryl methyl sites for hydroxylation is 1. The molecule has 2 aromatic carbocycles. The van der Waals surface area contributed by atoms with Gasteiger partial charge in [0.2, 0.25) is 0 Å². The molecule has 0 saturated carbocycles. The first-order valence-electron chi connectivity index (χ1n) is 9.31. The third kappa shape index (κ3) is 3.81. The number of amides is 1. The van der Waals surface area contributed by atoms with E-state index in [1.54, 1.807) is 23.1 Å². The fourth-order valence-electron chi connectivity index (χ4n) is 3.53. The van der Waals surface area contributed by atoms with Gasteiger partial charge in [-0.25, -0.2) is 0 Å². The molecule has 28 heavy (non-hydrogen) atoms. The summed E-state index contributed by atoms with van der Waals surface area (Å²) in [7, 11) is 0. The maximum absolute atomic E-state index is 12.8. The Balaban J connectivity index is 1.45. The molecule has 0 unspecified atom stereocenters. The van der Waals surface area contributed by atoms with Crippen LogP contribution in [-0.2, 0) is 6.54 Å². The highest BCUT2D eigenvalue weighted by molar-refractivity contribution is 6.31. The topological polar surface area (TPSA) is 53.8 Å². The summed E-state index contributed by atoms with van der Waals surface area (Å²) in [4.78, 5) is 29.2. The number of hydrogen-bond acceptors (Lipinski definition) is 4. The van der Waals surface area contributed by atoms with Gasteiger partial charge >= 0.3 is 0 Å². The molecular weight excluding hydrogens is 376 g/mol. The number of halogens is 1. The highest BCUT2D eigenvalue weighted by atomic mass is 35.5. The number of benzene rings is 2. The lowest BCUT2D eigenvalue weighted by Crippen LogP contribution is -2.48. The minimum Gasteiger partial charge on any atom is -0.451 e. The second kappa shape index (κ2) is 7.78. The van der Waals surface area contributed by atoms with Gasteiger partial charge in [-0.15, -0.1) is 0 Å². The smallest absolute Gasteiger partial charge is 0.289 e. The largest absolute Gasteiger partial charge is 0.451 e. The Bertz CT molecular complexity index is 1080. The van der Waals surface area contributed by atoms with Crippen molar-refractivity contribution in [2.75, 3.05) is 26.2 Å². The third-order valence-corrected chi connectivity index (χ3v) is 5.45. The predicted octanol–water partition coefficient (Wildman–Crippen LogP) is 3.71. The van der Waals surface area contributed by atoms with E-state index in [-0.39, 0.29) is 17.1 Å². The molecule has 144 valence electrons. The number of nitrogens with zero attached hydrogens (tertiary/aromatic N) is 2. The van der Waals surface area contributed by atoms with Gasteiger partial charge in [0.05, 0.1) is 5.39 Å². The van der Waals surface area contributed by atoms with Gasteiger partial charge in [-0.05, 0) is 36.2 Å². The molecule has 0 radical (unpaired) electrons. The molecule has 0 spiro atoms. The zero-order chi connectivity index (χ0) is 19.7. The normalized spacial score (nSPS) is 15.1. The molecule has 3 aromatic rings. The second-order valence-corrected chi connectivity index (χ2v) is 7.55. The lowest BCUT2D eigenvalue weighted by atomic mass is 10.1. The third-order valence-electron chi connectivity index (χ3n) is 5.21. The van der Waals surface area contributed by atoms with E-state index in [0.29, 0.717) is 29.1 Å². The van der Waals surface area contributed by atoms with Gasteiger partial charge < -0.3 is 9.32 Å². The number of fused-ring (bicyclic) bond motifs is 1. The lowest BCUT2D eigenvalue weighted by Gasteiger charge is -2.34. The Hall–Kier alpha value is -2.63. The summed E-state index contributed by atoms with van der Waals surface area (Å²) in [6.07, 6.45) is 0. The molecular formula is C22H21ClN2O3. The summed E-state index contributed by atoms with van der Waals surface area (Å²) >= 11 is 5.94. The van der Waals surface area contributed by atoms with Crippen LogP contribution in [-0.4, -0.2) is 41.9 Å². The minimum atomic E-state index is -0.259. The lowest BCUT2D eigenvalue weighted by molar-refractivity contribution is 0.0598. The van der Waals surface area contributed by atoms with Gasteiger partial charge in [0.1, 0.15) is 5.58 Å². The van der Waals surface area contributed by atoms with Crippen molar-refractivity contribution >= 4 is 28.5 Å². The van der Waals surface area contributed by atoms with Gasteiger partial charge in [0, 0.05) is 43.8 Å². The molecule has 6 heteroatoms. The van der Waals surface area contributed by atoms with E-state index >= 15 is 0 Å². The SMILES string of the molecule is Cc1ccccc1CN1CCN(C(=O)c2cc(=O)c3cc(Cl)ccc3o2)CC1.